The van der Waals surface area contributed by atoms with Gasteiger partial charge in [0.15, 0.2) is 0 Å². The fraction of sp³-hybridized carbons (Fsp3) is 1.00. The van der Waals surface area contributed by atoms with E-state index in [-0.39, 0.29) is 0 Å². The molecule has 2 atom stereocenters. The van der Waals surface area contributed by atoms with Crippen molar-refractivity contribution in [3.05, 3.63) is 0 Å². The molecule has 1 aliphatic rings. The van der Waals surface area contributed by atoms with Crippen molar-refractivity contribution in [2.45, 2.75) is 32.6 Å². The summed E-state index contributed by atoms with van der Waals surface area (Å²) >= 11 is 0. The van der Waals surface area contributed by atoms with Crippen LogP contribution in [0.5, 0.6) is 0 Å². The van der Waals surface area contributed by atoms with Crippen LogP contribution in [-0.2, 0) is 4.74 Å². The molecule has 0 aromatic rings. The minimum atomic E-state index is 0.481. The van der Waals surface area contributed by atoms with E-state index in [0.29, 0.717) is 5.41 Å². The van der Waals surface area contributed by atoms with E-state index in [9.17, 15) is 0 Å². The first-order chi connectivity index (χ1) is 8.12. The van der Waals surface area contributed by atoms with Gasteiger partial charge in [-0.3, -0.25) is 0 Å². The molecule has 0 amide bonds. The molecule has 0 radical (unpaired) electrons. The Labute approximate surface area is 107 Å². The predicted octanol–water partition coefficient (Wildman–Crippen LogP) is 1.98. The van der Waals surface area contributed by atoms with E-state index in [1.807, 2.05) is 0 Å². The number of hydrogen-bond acceptors (Lipinski definition) is 3. The van der Waals surface area contributed by atoms with Crippen LogP contribution in [0, 0.1) is 11.3 Å². The lowest BCUT2D eigenvalue weighted by Crippen LogP contribution is -2.45. The average molecular weight is 242 g/mol. The Morgan fingerprint density at radius 1 is 1.47 bits per heavy atom. The first-order valence-corrected chi connectivity index (χ1v) is 6.94. The number of methoxy groups -OCH3 is 1. The van der Waals surface area contributed by atoms with Gasteiger partial charge in [-0.05, 0) is 38.3 Å². The fourth-order valence-electron chi connectivity index (χ4n) is 3.40. The van der Waals surface area contributed by atoms with Crippen LogP contribution in [0.25, 0.3) is 0 Å². The number of likely N-dealkylation sites (N-methyl/N-ethyl adjacent to an activating group) is 1. The number of rotatable bonds is 7. The van der Waals surface area contributed by atoms with Crippen molar-refractivity contribution in [2.75, 3.05) is 47.4 Å². The highest BCUT2D eigenvalue weighted by atomic mass is 16.5. The molecule has 0 aromatic heterocycles. The highest BCUT2D eigenvalue weighted by molar-refractivity contribution is 4.89. The second-order valence-electron chi connectivity index (χ2n) is 5.96. The molecular formula is C14H30N2O. The molecule has 0 spiro atoms. The zero-order valence-corrected chi connectivity index (χ0v) is 12.1. The molecule has 1 fully saturated rings. The molecule has 1 rings (SSSR count). The summed E-state index contributed by atoms with van der Waals surface area (Å²) in [5.41, 5.74) is 0.481. The van der Waals surface area contributed by atoms with Gasteiger partial charge >= 0.3 is 0 Å². The van der Waals surface area contributed by atoms with Gasteiger partial charge in [0, 0.05) is 26.7 Å². The molecule has 3 heteroatoms. The number of nitrogens with one attached hydrogen (secondary N) is 1. The fourth-order valence-corrected chi connectivity index (χ4v) is 3.40. The van der Waals surface area contributed by atoms with Crippen molar-refractivity contribution in [1.82, 2.24) is 10.2 Å². The number of nitrogens with zero attached hydrogens (tertiary/aromatic N) is 1. The van der Waals surface area contributed by atoms with Crippen LogP contribution < -0.4 is 5.32 Å². The second-order valence-corrected chi connectivity index (χ2v) is 5.96. The monoisotopic (exact) mass is 242 g/mol. The molecule has 1 saturated carbocycles. The third-order valence-electron chi connectivity index (χ3n) is 4.02. The first-order valence-electron chi connectivity index (χ1n) is 6.94. The molecule has 0 aliphatic heterocycles. The van der Waals surface area contributed by atoms with E-state index in [1.165, 1.54) is 32.2 Å². The quantitative estimate of drug-likeness (QED) is 0.739. The standard InChI is InChI=1S/C14H30N2O/c1-13-6-5-7-14(10-13,11-15-2)12-16(3)8-9-17-4/h13,15H,5-12H2,1-4H3. The average Bonchev–Trinajstić information content (AvgIpc) is 2.26. The smallest absolute Gasteiger partial charge is 0.0589 e. The van der Waals surface area contributed by atoms with Crippen LogP contribution in [0.1, 0.15) is 32.6 Å². The minimum absolute atomic E-state index is 0.481. The Balaban J connectivity index is 2.51. The Bertz CT molecular complexity index is 206. The highest BCUT2D eigenvalue weighted by Gasteiger charge is 2.35. The normalized spacial score (nSPS) is 29.8. The van der Waals surface area contributed by atoms with Crippen molar-refractivity contribution in [2.24, 2.45) is 11.3 Å². The Kier molecular flexibility index (Phi) is 6.45. The van der Waals surface area contributed by atoms with Gasteiger partial charge in [0.1, 0.15) is 0 Å². The summed E-state index contributed by atoms with van der Waals surface area (Å²) in [6.45, 7) is 6.62. The molecule has 0 saturated heterocycles. The van der Waals surface area contributed by atoms with Crippen molar-refractivity contribution in [3.63, 3.8) is 0 Å². The number of hydrogen-bond donors (Lipinski definition) is 1. The number of ether oxygens (including phenoxy) is 1. The lowest BCUT2D eigenvalue weighted by molar-refractivity contribution is 0.0780. The molecule has 1 N–H and O–H groups in total. The predicted molar refractivity (Wildman–Crippen MR) is 73.4 cm³/mol. The van der Waals surface area contributed by atoms with Crippen LogP contribution in [0.3, 0.4) is 0 Å². The SMILES string of the molecule is CNCC1(CN(C)CCOC)CCCC(C)C1. The van der Waals surface area contributed by atoms with Gasteiger partial charge < -0.3 is 15.0 Å². The van der Waals surface area contributed by atoms with Gasteiger partial charge in [-0.1, -0.05) is 19.8 Å². The molecule has 1 aliphatic carbocycles. The van der Waals surface area contributed by atoms with Crippen molar-refractivity contribution < 1.29 is 4.74 Å². The van der Waals surface area contributed by atoms with E-state index in [2.05, 4.69) is 31.2 Å². The highest BCUT2D eigenvalue weighted by Crippen LogP contribution is 2.39. The van der Waals surface area contributed by atoms with Crippen LogP contribution in [0.4, 0.5) is 0 Å². The molecule has 3 nitrogen and oxygen atoms in total. The Hall–Kier alpha value is -0.120. The Morgan fingerprint density at radius 2 is 2.24 bits per heavy atom. The zero-order valence-electron chi connectivity index (χ0n) is 12.1. The molecule has 17 heavy (non-hydrogen) atoms. The van der Waals surface area contributed by atoms with Crippen molar-refractivity contribution in [1.29, 1.82) is 0 Å². The van der Waals surface area contributed by atoms with Gasteiger partial charge in [-0.15, -0.1) is 0 Å². The lowest BCUT2D eigenvalue weighted by Gasteiger charge is -2.42. The second kappa shape index (κ2) is 7.34. The maximum absolute atomic E-state index is 5.16. The molecule has 0 aromatic carbocycles. The van der Waals surface area contributed by atoms with Crippen LogP contribution >= 0.6 is 0 Å². The van der Waals surface area contributed by atoms with Crippen LogP contribution in [0.15, 0.2) is 0 Å². The topological polar surface area (TPSA) is 24.5 Å². The van der Waals surface area contributed by atoms with Gasteiger partial charge in [-0.2, -0.15) is 0 Å². The summed E-state index contributed by atoms with van der Waals surface area (Å²) in [6, 6.07) is 0. The molecule has 102 valence electrons. The maximum atomic E-state index is 5.16. The van der Waals surface area contributed by atoms with Gasteiger partial charge in [-0.25, -0.2) is 0 Å². The first kappa shape index (κ1) is 14.9. The summed E-state index contributed by atoms with van der Waals surface area (Å²) in [6.07, 6.45) is 5.54. The lowest BCUT2D eigenvalue weighted by atomic mass is 9.69. The summed E-state index contributed by atoms with van der Waals surface area (Å²) < 4.78 is 5.16. The summed E-state index contributed by atoms with van der Waals surface area (Å²) in [5, 5.41) is 3.40. The van der Waals surface area contributed by atoms with Crippen LogP contribution in [-0.4, -0.2) is 52.3 Å². The van der Waals surface area contributed by atoms with Gasteiger partial charge in [0.05, 0.1) is 6.61 Å². The third kappa shape index (κ3) is 4.94. The van der Waals surface area contributed by atoms with E-state index < -0.39 is 0 Å². The van der Waals surface area contributed by atoms with E-state index in [1.54, 1.807) is 7.11 Å². The third-order valence-corrected chi connectivity index (χ3v) is 4.02. The maximum Gasteiger partial charge on any atom is 0.0589 e. The van der Waals surface area contributed by atoms with Gasteiger partial charge in [0.25, 0.3) is 0 Å². The van der Waals surface area contributed by atoms with E-state index in [4.69, 9.17) is 4.74 Å². The Morgan fingerprint density at radius 3 is 2.82 bits per heavy atom. The molecular weight excluding hydrogens is 212 g/mol. The minimum Gasteiger partial charge on any atom is -0.383 e. The molecule has 2 unspecified atom stereocenters. The van der Waals surface area contributed by atoms with E-state index >= 15 is 0 Å². The largest absolute Gasteiger partial charge is 0.383 e. The zero-order chi connectivity index (χ0) is 12.7. The van der Waals surface area contributed by atoms with Crippen molar-refractivity contribution >= 4 is 0 Å². The summed E-state index contributed by atoms with van der Waals surface area (Å²) in [7, 11) is 6.08. The molecule has 0 heterocycles. The van der Waals surface area contributed by atoms with Crippen molar-refractivity contribution in [3.8, 4) is 0 Å². The summed E-state index contributed by atoms with van der Waals surface area (Å²) in [4.78, 5) is 2.43. The summed E-state index contributed by atoms with van der Waals surface area (Å²) in [5.74, 6) is 0.882. The molecule has 0 bridgehead atoms. The van der Waals surface area contributed by atoms with Gasteiger partial charge in [0.2, 0.25) is 0 Å². The van der Waals surface area contributed by atoms with E-state index in [0.717, 1.165) is 25.6 Å². The van der Waals surface area contributed by atoms with Crippen LogP contribution in [0.2, 0.25) is 0 Å².